The molecule has 1 atom stereocenters. The maximum absolute atomic E-state index is 13.4. The largest absolute Gasteiger partial charge is 0.444 e. The van der Waals surface area contributed by atoms with Crippen molar-refractivity contribution in [3.63, 3.8) is 0 Å². The lowest BCUT2D eigenvalue weighted by Gasteiger charge is -2.33. The minimum atomic E-state index is -0.907. The number of rotatable bonds is 4. The molecule has 2 aliphatic rings. The normalized spacial score (nSPS) is 18.3. The molecule has 4 rings (SSSR count). The number of aliphatic imine (C=N–C) groups is 1. The molecule has 2 aromatic rings. The van der Waals surface area contributed by atoms with Gasteiger partial charge in [-0.05, 0) is 69.9 Å². The number of nitrogens with zero attached hydrogens (tertiary/aromatic N) is 3. The summed E-state index contributed by atoms with van der Waals surface area (Å²) in [4.78, 5) is 33.9. The molecule has 1 fully saturated rings. The smallest absolute Gasteiger partial charge is 0.410 e. The van der Waals surface area contributed by atoms with Gasteiger partial charge in [-0.2, -0.15) is 0 Å². The van der Waals surface area contributed by atoms with Gasteiger partial charge in [0.25, 0.3) is 5.91 Å². The lowest BCUT2D eigenvalue weighted by atomic mass is 9.97. The molecule has 2 amide bonds. The summed E-state index contributed by atoms with van der Waals surface area (Å²) in [6, 6.07) is 15.1. The number of likely N-dealkylation sites (tertiary alicyclic amines) is 1. The number of anilines is 1. The molecule has 1 saturated heterocycles. The van der Waals surface area contributed by atoms with Crippen LogP contribution in [0, 0.1) is 5.92 Å². The molecule has 0 saturated carbocycles. The first-order valence-electron chi connectivity index (χ1n) is 12.7. The molecule has 1 unspecified atom stereocenters. The fourth-order valence-electron chi connectivity index (χ4n) is 4.52. The number of nitrogens with one attached hydrogen (secondary N) is 2. The second-order valence-electron chi connectivity index (χ2n) is 10.6. The van der Waals surface area contributed by atoms with Crippen molar-refractivity contribution in [1.82, 2.24) is 15.5 Å². The van der Waals surface area contributed by atoms with Crippen LogP contribution in [0.3, 0.4) is 0 Å². The second-order valence-corrected chi connectivity index (χ2v) is 11.4. The van der Waals surface area contributed by atoms with Gasteiger partial charge >= 0.3 is 6.09 Å². The first-order chi connectivity index (χ1) is 18.0. The third kappa shape index (κ3) is 6.82. The highest BCUT2D eigenvalue weighted by atomic mass is 35.5. The number of hydrogen-bond acceptors (Lipinski definition) is 5. The van der Waals surface area contributed by atoms with Crippen LogP contribution in [0.4, 0.5) is 10.5 Å². The van der Waals surface area contributed by atoms with Gasteiger partial charge in [0.15, 0.2) is 5.11 Å². The first-order valence-corrected chi connectivity index (χ1v) is 13.5. The van der Waals surface area contributed by atoms with Gasteiger partial charge < -0.3 is 25.2 Å². The van der Waals surface area contributed by atoms with Gasteiger partial charge in [-0.1, -0.05) is 41.9 Å². The number of fused-ring (bicyclic) bond motifs is 1. The number of hydrogen-bond donors (Lipinski definition) is 2. The molecule has 2 aliphatic heterocycles. The fraction of sp³-hybridized carbons (Fsp3) is 0.429. The van der Waals surface area contributed by atoms with Crippen LogP contribution in [0.25, 0.3) is 0 Å². The fourth-order valence-corrected chi connectivity index (χ4v) is 4.89. The Morgan fingerprint density at radius 2 is 1.84 bits per heavy atom. The van der Waals surface area contributed by atoms with E-state index in [4.69, 9.17) is 33.5 Å². The summed E-state index contributed by atoms with van der Waals surface area (Å²) in [5, 5.41) is 7.27. The van der Waals surface area contributed by atoms with E-state index < -0.39 is 11.8 Å². The van der Waals surface area contributed by atoms with E-state index in [0.29, 0.717) is 41.4 Å². The molecule has 0 spiro atoms. The van der Waals surface area contributed by atoms with E-state index in [1.165, 1.54) is 0 Å². The van der Waals surface area contributed by atoms with Crippen molar-refractivity contribution in [2.75, 3.05) is 31.6 Å². The zero-order chi connectivity index (χ0) is 27.4. The molecule has 0 bridgehead atoms. The highest BCUT2D eigenvalue weighted by Crippen LogP contribution is 2.30. The van der Waals surface area contributed by atoms with Crippen molar-refractivity contribution in [1.29, 1.82) is 0 Å². The Balaban J connectivity index is 1.41. The number of likely N-dealkylation sites (N-methyl/N-ethyl adjacent to an activating group) is 1. The minimum absolute atomic E-state index is 0.227. The van der Waals surface area contributed by atoms with E-state index in [2.05, 4.69) is 10.6 Å². The lowest BCUT2D eigenvalue weighted by Crippen LogP contribution is -2.50. The Morgan fingerprint density at radius 1 is 1.16 bits per heavy atom. The van der Waals surface area contributed by atoms with E-state index in [0.717, 1.165) is 29.7 Å². The topological polar surface area (TPSA) is 86.3 Å². The van der Waals surface area contributed by atoms with Crippen LogP contribution < -0.4 is 15.5 Å². The maximum atomic E-state index is 13.4. The van der Waals surface area contributed by atoms with Crippen molar-refractivity contribution in [3.05, 3.63) is 64.7 Å². The van der Waals surface area contributed by atoms with Crippen LogP contribution in [0.2, 0.25) is 5.02 Å². The Morgan fingerprint density at radius 3 is 2.50 bits per heavy atom. The summed E-state index contributed by atoms with van der Waals surface area (Å²) in [7, 11) is 1.72. The van der Waals surface area contributed by atoms with Crippen molar-refractivity contribution in [2.24, 2.45) is 10.9 Å². The van der Waals surface area contributed by atoms with Crippen LogP contribution in [-0.2, 0) is 9.53 Å². The highest BCUT2D eigenvalue weighted by molar-refractivity contribution is 7.80. The van der Waals surface area contributed by atoms with Crippen LogP contribution in [0.5, 0.6) is 0 Å². The summed E-state index contributed by atoms with van der Waals surface area (Å²) < 4.78 is 5.48. The second kappa shape index (κ2) is 11.7. The van der Waals surface area contributed by atoms with Crippen molar-refractivity contribution < 1.29 is 14.3 Å². The summed E-state index contributed by atoms with van der Waals surface area (Å²) in [5.41, 5.74) is 2.53. The van der Waals surface area contributed by atoms with Gasteiger partial charge in [0.2, 0.25) is 6.17 Å². The van der Waals surface area contributed by atoms with Crippen LogP contribution in [-0.4, -0.2) is 66.2 Å². The van der Waals surface area contributed by atoms with E-state index in [1.807, 2.05) is 63.2 Å². The predicted molar refractivity (Wildman–Crippen MR) is 155 cm³/mol. The van der Waals surface area contributed by atoms with Gasteiger partial charge in [-0.3, -0.25) is 4.79 Å². The minimum Gasteiger partial charge on any atom is -0.444 e. The number of halogens is 1. The third-order valence-corrected chi connectivity index (χ3v) is 7.03. The van der Waals surface area contributed by atoms with E-state index in [-0.39, 0.29) is 12.0 Å². The Bertz CT molecular complexity index is 1220. The first kappa shape index (κ1) is 27.9. The number of carbonyl (C=O) groups excluding carboxylic acids is 2. The molecule has 0 aromatic heterocycles. The van der Waals surface area contributed by atoms with Gasteiger partial charge in [0.05, 0.1) is 11.4 Å². The van der Waals surface area contributed by atoms with Gasteiger partial charge in [-0.15, -0.1) is 0 Å². The molecule has 2 heterocycles. The summed E-state index contributed by atoms with van der Waals surface area (Å²) >= 11 is 11.9. The Labute approximate surface area is 234 Å². The van der Waals surface area contributed by atoms with E-state index in [9.17, 15) is 9.59 Å². The molecule has 2 aromatic carbocycles. The zero-order valence-corrected chi connectivity index (χ0v) is 23.7. The molecule has 0 radical (unpaired) electrons. The van der Waals surface area contributed by atoms with Gasteiger partial charge in [0.1, 0.15) is 5.60 Å². The summed E-state index contributed by atoms with van der Waals surface area (Å²) in [5.74, 6) is 0.116. The standard InChI is InChI=1S/C28H34ClN5O3S/c1-28(2,3)37-27(36)34-14-12-18(13-15-34)17-30-26(38)32-24-25(35)33(4)22-11-10-20(29)16-21(22)23(31-24)19-8-6-5-7-9-19/h5-11,16,18,24H,12-15,17H2,1-4H3,(H2,30,32,38). The van der Waals surface area contributed by atoms with Crippen molar-refractivity contribution in [2.45, 2.75) is 45.4 Å². The third-order valence-electron chi connectivity index (χ3n) is 6.53. The molecule has 38 heavy (non-hydrogen) atoms. The number of carbonyl (C=O) groups is 2. The van der Waals surface area contributed by atoms with Gasteiger partial charge in [-0.25, -0.2) is 9.79 Å². The summed E-state index contributed by atoms with van der Waals surface area (Å²) in [6.45, 7) is 7.51. The molecule has 10 heteroatoms. The highest BCUT2D eigenvalue weighted by Gasteiger charge is 2.31. The molecule has 202 valence electrons. The lowest BCUT2D eigenvalue weighted by molar-refractivity contribution is -0.119. The monoisotopic (exact) mass is 555 g/mol. The number of amides is 2. The molecular weight excluding hydrogens is 522 g/mol. The number of benzene rings is 2. The Hall–Kier alpha value is -3.17. The van der Waals surface area contributed by atoms with E-state index >= 15 is 0 Å². The maximum Gasteiger partial charge on any atom is 0.410 e. The summed E-state index contributed by atoms with van der Waals surface area (Å²) in [6.07, 6.45) is 0.500. The van der Waals surface area contributed by atoms with Crippen LogP contribution in [0.1, 0.15) is 44.7 Å². The van der Waals surface area contributed by atoms with E-state index in [1.54, 1.807) is 22.9 Å². The van der Waals surface area contributed by atoms with Gasteiger partial charge in [0, 0.05) is 42.8 Å². The molecular formula is C28H34ClN5O3S. The molecule has 0 aliphatic carbocycles. The SMILES string of the molecule is CN1C(=O)C(NC(=S)NCC2CCN(C(=O)OC(C)(C)C)CC2)N=C(c2ccccc2)c2cc(Cl)ccc21. The van der Waals surface area contributed by atoms with Crippen molar-refractivity contribution in [3.8, 4) is 0 Å². The van der Waals surface area contributed by atoms with Crippen LogP contribution >= 0.6 is 23.8 Å². The molecule has 8 nitrogen and oxygen atoms in total. The average molecular weight is 556 g/mol. The Kier molecular flexibility index (Phi) is 8.57. The number of piperidine rings is 1. The number of benzodiazepines with no additional fused rings is 1. The molecule has 2 N–H and O–H groups in total. The average Bonchev–Trinajstić information content (AvgIpc) is 2.97. The predicted octanol–water partition coefficient (Wildman–Crippen LogP) is 4.59. The zero-order valence-electron chi connectivity index (χ0n) is 22.2. The quantitative estimate of drug-likeness (QED) is 0.537. The van der Waals surface area contributed by atoms with Crippen LogP contribution in [0.15, 0.2) is 53.5 Å². The van der Waals surface area contributed by atoms with Crippen molar-refractivity contribution >= 4 is 52.3 Å². The number of ether oxygens (including phenoxy) is 1. The number of thiocarbonyl (C=S) groups is 1.